The molecule has 0 aromatic heterocycles. The molecule has 2 rings (SSSR count). The van der Waals surface area contributed by atoms with Gasteiger partial charge in [-0.2, -0.15) is 0 Å². The van der Waals surface area contributed by atoms with Crippen LogP contribution in [0.3, 0.4) is 0 Å². The zero-order valence-corrected chi connectivity index (χ0v) is 11.1. The van der Waals surface area contributed by atoms with Gasteiger partial charge in [0.25, 0.3) is 0 Å². The maximum Gasteiger partial charge on any atom is 0.328 e. The summed E-state index contributed by atoms with van der Waals surface area (Å²) >= 11 is 0. The van der Waals surface area contributed by atoms with Gasteiger partial charge in [-0.25, -0.2) is 9.69 Å². The first kappa shape index (κ1) is 13.5. The van der Waals surface area contributed by atoms with E-state index in [1.165, 1.54) is 4.90 Å². The van der Waals surface area contributed by atoms with Gasteiger partial charge in [-0.05, 0) is 24.1 Å². The van der Waals surface area contributed by atoms with E-state index in [1.807, 2.05) is 19.1 Å². The van der Waals surface area contributed by atoms with Crippen LogP contribution in [0.5, 0.6) is 0 Å². The van der Waals surface area contributed by atoms with Crippen LogP contribution in [0.4, 0.5) is 10.5 Å². The number of hydrogen-bond donors (Lipinski definition) is 2. The molecular formula is C14H19N3O2. The second-order valence-corrected chi connectivity index (χ2v) is 4.74. The molecule has 1 heterocycles. The third-order valence-corrected chi connectivity index (χ3v) is 3.27. The minimum atomic E-state index is -0.338. The lowest BCUT2D eigenvalue weighted by Crippen LogP contribution is -2.54. The summed E-state index contributed by atoms with van der Waals surface area (Å²) in [5, 5.41) is 2.87. The number of rotatable bonds is 4. The van der Waals surface area contributed by atoms with Crippen molar-refractivity contribution >= 4 is 17.6 Å². The monoisotopic (exact) mass is 261 g/mol. The highest BCUT2D eigenvalue weighted by atomic mass is 16.2. The summed E-state index contributed by atoms with van der Waals surface area (Å²) in [5.74, 6) is -0.150. The molecule has 19 heavy (non-hydrogen) atoms. The molecule has 1 saturated heterocycles. The topological polar surface area (TPSA) is 75.4 Å². The van der Waals surface area contributed by atoms with E-state index in [1.54, 1.807) is 12.1 Å². The second kappa shape index (κ2) is 5.84. The number of nitrogens with two attached hydrogens (primary N) is 1. The molecule has 5 heteroatoms. The molecule has 1 aliphatic rings. The van der Waals surface area contributed by atoms with Gasteiger partial charge in [0.15, 0.2) is 0 Å². The molecule has 0 bridgehead atoms. The third-order valence-electron chi connectivity index (χ3n) is 3.27. The molecule has 1 aromatic rings. The van der Waals surface area contributed by atoms with Crippen molar-refractivity contribution in [3.05, 3.63) is 29.8 Å². The molecule has 0 saturated carbocycles. The minimum absolute atomic E-state index is 0.0374. The van der Waals surface area contributed by atoms with Crippen molar-refractivity contribution in [2.75, 3.05) is 4.90 Å². The van der Waals surface area contributed by atoms with Crippen LogP contribution >= 0.6 is 0 Å². The highest BCUT2D eigenvalue weighted by Gasteiger charge is 2.32. The van der Waals surface area contributed by atoms with Crippen molar-refractivity contribution < 1.29 is 9.59 Å². The van der Waals surface area contributed by atoms with E-state index >= 15 is 0 Å². The number of benzene rings is 1. The Morgan fingerprint density at radius 3 is 2.53 bits per heavy atom. The smallest absolute Gasteiger partial charge is 0.328 e. The molecule has 3 amide bonds. The first-order chi connectivity index (χ1) is 9.15. The van der Waals surface area contributed by atoms with Crippen LogP contribution in [0.2, 0.25) is 0 Å². The van der Waals surface area contributed by atoms with Crippen LogP contribution in [0.25, 0.3) is 0 Å². The normalized spacial score (nSPS) is 19.5. The summed E-state index contributed by atoms with van der Waals surface area (Å²) in [6.07, 6.45) is 2.14. The number of hydrogen-bond acceptors (Lipinski definition) is 3. The molecule has 1 aromatic carbocycles. The van der Waals surface area contributed by atoms with E-state index in [9.17, 15) is 9.59 Å². The number of carbonyl (C=O) groups is 2. The largest absolute Gasteiger partial charge is 0.334 e. The zero-order chi connectivity index (χ0) is 13.8. The van der Waals surface area contributed by atoms with E-state index < -0.39 is 0 Å². The lowest BCUT2D eigenvalue weighted by Gasteiger charge is -2.31. The average molecular weight is 261 g/mol. The molecule has 1 aliphatic heterocycles. The number of imide groups is 1. The third kappa shape index (κ3) is 2.93. The van der Waals surface area contributed by atoms with Gasteiger partial charge >= 0.3 is 6.03 Å². The molecule has 1 unspecified atom stereocenters. The Balaban J connectivity index is 2.15. The van der Waals surface area contributed by atoms with Gasteiger partial charge in [0.2, 0.25) is 5.91 Å². The highest BCUT2D eigenvalue weighted by molar-refractivity contribution is 6.16. The SMILES string of the molecule is CCCC1CC(=O)N(c2ccc(CN)cc2)C(=O)N1. The Morgan fingerprint density at radius 1 is 1.32 bits per heavy atom. The van der Waals surface area contributed by atoms with Gasteiger partial charge in [0, 0.05) is 19.0 Å². The van der Waals surface area contributed by atoms with Crippen LogP contribution < -0.4 is 16.0 Å². The van der Waals surface area contributed by atoms with Crippen LogP contribution in [-0.4, -0.2) is 18.0 Å². The molecule has 3 N–H and O–H groups in total. The first-order valence-corrected chi connectivity index (χ1v) is 6.58. The van der Waals surface area contributed by atoms with Crippen molar-refractivity contribution in [1.29, 1.82) is 0 Å². The summed E-state index contributed by atoms with van der Waals surface area (Å²) in [5.41, 5.74) is 7.09. The summed E-state index contributed by atoms with van der Waals surface area (Å²) in [6, 6.07) is 6.78. The number of nitrogens with zero attached hydrogens (tertiary/aromatic N) is 1. The first-order valence-electron chi connectivity index (χ1n) is 6.58. The Bertz CT molecular complexity index is 452. The summed E-state index contributed by atoms with van der Waals surface area (Å²) in [7, 11) is 0. The number of nitrogens with one attached hydrogen (secondary N) is 1. The van der Waals surface area contributed by atoms with E-state index in [4.69, 9.17) is 5.73 Å². The van der Waals surface area contributed by atoms with Crippen molar-refractivity contribution in [2.45, 2.75) is 38.8 Å². The highest BCUT2D eigenvalue weighted by Crippen LogP contribution is 2.21. The Labute approximate surface area is 112 Å². The Morgan fingerprint density at radius 2 is 2.00 bits per heavy atom. The standard InChI is InChI=1S/C14H19N3O2/c1-2-3-11-8-13(18)17(14(19)16-11)12-6-4-10(9-15)5-7-12/h4-7,11H,2-3,8-9,15H2,1H3,(H,16,19). The summed E-state index contributed by atoms with van der Waals surface area (Å²) in [6.45, 7) is 2.48. The molecule has 1 fully saturated rings. The Kier molecular flexibility index (Phi) is 4.16. The van der Waals surface area contributed by atoms with Crippen molar-refractivity contribution in [3.8, 4) is 0 Å². The van der Waals surface area contributed by atoms with E-state index in [0.717, 1.165) is 18.4 Å². The lowest BCUT2D eigenvalue weighted by molar-refractivity contribution is -0.119. The molecular weight excluding hydrogens is 242 g/mol. The number of carbonyl (C=O) groups excluding carboxylic acids is 2. The molecule has 5 nitrogen and oxygen atoms in total. The van der Waals surface area contributed by atoms with E-state index in [0.29, 0.717) is 18.7 Å². The number of anilines is 1. The van der Waals surface area contributed by atoms with Crippen LogP contribution in [0, 0.1) is 0 Å². The quantitative estimate of drug-likeness (QED) is 0.867. The summed E-state index contributed by atoms with van der Waals surface area (Å²) < 4.78 is 0. The van der Waals surface area contributed by atoms with E-state index in [2.05, 4.69) is 5.32 Å². The molecule has 0 aliphatic carbocycles. The van der Waals surface area contributed by atoms with Crippen LogP contribution in [0.15, 0.2) is 24.3 Å². The molecule has 0 spiro atoms. The van der Waals surface area contributed by atoms with Crippen LogP contribution in [0.1, 0.15) is 31.7 Å². The fourth-order valence-corrected chi connectivity index (χ4v) is 2.27. The zero-order valence-electron chi connectivity index (χ0n) is 11.1. The van der Waals surface area contributed by atoms with E-state index in [-0.39, 0.29) is 18.0 Å². The number of amides is 3. The minimum Gasteiger partial charge on any atom is -0.334 e. The van der Waals surface area contributed by atoms with Gasteiger partial charge in [0.1, 0.15) is 0 Å². The lowest BCUT2D eigenvalue weighted by atomic mass is 10.1. The van der Waals surface area contributed by atoms with Gasteiger partial charge in [0.05, 0.1) is 5.69 Å². The van der Waals surface area contributed by atoms with Crippen molar-refractivity contribution in [2.24, 2.45) is 5.73 Å². The molecule has 1 atom stereocenters. The summed E-state index contributed by atoms with van der Waals surface area (Å²) in [4.78, 5) is 25.3. The average Bonchev–Trinajstić information content (AvgIpc) is 2.39. The predicted molar refractivity (Wildman–Crippen MR) is 73.7 cm³/mol. The van der Waals surface area contributed by atoms with Crippen molar-refractivity contribution in [1.82, 2.24) is 5.32 Å². The van der Waals surface area contributed by atoms with Crippen molar-refractivity contribution in [3.63, 3.8) is 0 Å². The fourth-order valence-electron chi connectivity index (χ4n) is 2.27. The van der Waals surface area contributed by atoms with Gasteiger partial charge < -0.3 is 11.1 Å². The van der Waals surface area contributed by atoms with Crippen LogP contribution in [-0.2, 0) is 11.3 Å². The van der Waals surface area contributed by atoms with Gasteiger partial charge in [-0.3, -0.25) is 4.79 Å². The maximum absolute atomic E-state index is 12.1. The number of urea groups is 1. The predicted octanol–water partition coefficient (Wildman–Crippen LogP) is 1.76. The maximum atomic E-state index is 12.1. The van der Waals surface area contributed by atoms with Gasteiger partial charge in [-0.1, -0.05) is 25.5 Å². The molecule has 102 valence electrons. The second-order valence-electron chi connectivity index (χ2n) is 4.74. The van der Waals surface area contributed by atoms with Gasteiger partial charge in [-0.15, -0.1) is 0 Å². The molecule has 0 radical (unpaired) electrons. The Hall–Kier alpha value is -1.88. The fraction of sp³-hybridized carbons (Fsp3) is 0.429.